The quantitative estimate of drug-likeness (QED) is 0.0155. The van der Waals surface area contributed by atoms with Crippen LogP contribution in [0.25, 0.3) is 10.4 Å². The lowest BCUT2D eigenvalue weighted by Crippen LogP contribution is -2.68. The third-order valence-electron chi connectivity index (χ3n) is 19.7. The fourth-order valence-corrected chi connectivity index (χ4v) is 14.1. The third-order valence-corrected chi connectivity index (χ3v) is 24.1. The number of nitrogens with zero attached hydrogens (tertiary/aromatic N) is 3. The van der Waals surface area contributed by atoms with Gasteiger partial charge in [0.15, 0.2) is 27.2 Å². The van der Waals surface area contributed by atoms with Crippen molar-refractivity contribution in [2.45, 2.75) is 190 Å². The van der Waals surface area contributed by atoms with Gasteiger partial charge in [0.05, 0.1) is 79.3 Å². The van der Waals surface area contributed by atoms with Gasteiger partial charge < -0.3 is 70.7 Å². The molecule has 0 bridgehead atoms. The van der Waals surface area contributed by atoms with Crippen molar-refractivity contribution in [3.63, 3.8) is 0 Å². The number of rotatable bonds is 37. The van der Waals surface area contributed by atoms with E-state index in [2.05, 4.69) is 43.9 Å². The number of azide groups is 1. The molecule has 9 aromatic carbocycles. The molecule has 15 atom stereocenters. The monoisotopic (exact) mass is 1450 g/mol. The predicted octanol–water partition coefficient (Wildman–Crippen LogP) is 16.8. The van der Waals surface area contributed by atoms with Gasteiger partial charge in [0.1, 0.15) is 73.2 Å². The van der Waals surface area contributed by atoms with Gasteiger partial charge in [-0.3, -0.25) is 0 Å². The second-order valence-electron chi connectivity index (χ2n) is 28.5. The van der Waals surface area contributed by atoms with Gasteiger partial charge in [-0.15, -0.1) is 0 Å². The zero-order valence-corrected chi connectivity index (χ0v) is 62.1. The van der Waals surface area contributed by atoms with Crippen LogP contribution in [0.2, 0.25) is 18.1 Å². The number of hydrogen-bond donors (Lipinski definition) is 0. The summed E-state index contributed by atoms with van der Waals surface area (Å²) in [5.74, 6) is 0. The molecule has 0 amide bonds. The molecule has 556 valence electrons. The van der Waals surface area contributed by atoms with Gasteiger partial charge in [-0.25, -0.2) is 0 Å². The van der Waals surface area contributed by atoms with Crippen LogP contribution in [0.1, 0.15) is 70.8 Å². The summed E-state index contributed by atoms with van der Waals surface area (Å²) in [6.45, 7) is 12.2. The van der Waals surface area contributed by atoms with E-state index in [1.165, 1.54) is 0 Å². The van der Waals surface area contributed by atoms with E-state index in [4.69, 9.17) is 70.7 Å². The van der Waals surface area contributed by atoms with Gasteiger partial charge >= 0.3 is 0 Å². The Morgan fingerprint density at radius 2 is 0.557 bits per heavy atom. The second-order valence-corrected chi connectivity index (χ2v) is 33.2. The summed E-state index contributed by atoms with van der Waals surface area (Å²) in [5, 5.41) is 4.26. The van der Waals surface area contributed by atoms with E-state index in [0.29, 0.717) is 0 Å². The molecule has 0 saturated carbocycles. The zero-order chi connectivity index (χ0) is 73.2. The van der Waals surface area contributed by atoms with Crippen LogP contribution in [0.15, 0.2) is 278 Å². The van der Waals surface area contributed by atoms with E-state index in [1.807, 2.05) is 273 Å². The van der Waals surface area contributed by atoms with Crippen molar-refractivity contribution in [1.29, 1.82) is 0 Å². The average molecular weight is 1450 g/mol. The normalized spacial score (nSPS) is 24.8. The summed E-state index contributed by atoms with van der Waals surface area (Å²) >= 11 is 0. The molecule has 3 aliphatic heterocycles. The van der Waals surface area contributed by atoms with Crippen molar-refractivity contribution < 1.29 is 70.7 Å². The Hall–Kier alpha value is -8.09. The summed E-state index contributed by atoms with van der Waals surface area (Å²) in [4.78, 5) is 3.50. The predicted molar refractivity (Wildman–Crippen MR) is 405 cm³/mol. The minimum atomic E-state index is -2.72. The molecule has 18 nitrogen and oxygen atoms in total. The molecule has 3 heterocycles. The van der Waals surface area contributed by atoms with Gasteiger partial charge in [-0.2, -0.15) is 0 Å². The van der Waals surface area contributed by atoms with Crippen molar-refractivity contribution in [2.75, 3.05) is 19.8 Å². The summed E-state index contributed by atoms with van der Waals surface area (Å²) in [7, 11) is -2.72. The van der Waals surface area contributed by atoms with Crippen LogP contribution in [0.4, 0.5) is 0 Å². The van der Waals surface area contributed by atoms with Crippen molar-refractivity contribution in [1.82, 2.24) is 0 Å². The largest absolute Gasteiger partial charge is 0.392 e. The van der Waals surface area contributed by atoms with Crippen molar-refractivity contribution >= 4 is 8.32 Å². The lowest BCUT2D eigenvalue weighted by Gasteiger charge is -2.52. The van der Waals surface area contributed by atoms with Crippen LogP contribution < -0.4 is 0 Å². The maximum atomic E-state index is 10.8. The Balaban J connectivity index is 1.02. The van der Waals surface area contributed by atoms with Crippen LogP contribution in [0.5, 0.6) is 0 Å². The molecule has 0 aliphatic carbocycles. The van der Waals surface area contributed by atoms with E-state index in [-0.39, 0.29) is 84.3 Å². The minimum absolute atomic E-state index is 0.0261. The fourth-order valence-electron chi connectivity index (χ4n) is 13.0. The number of hydrogen-bond acceptors (Lipinski definition) is 16. The Bertz CT molecular complexity index is 3990. The first-order valence-corrected chi connectivity index (χ1v) is 39.6. The molecule has 0 N–H and O–H groups in total. The van der Waals surface area contributed by atoms with E-state index in [1.54, 1.807) is 0 Å². The first-order valence-electron chi connectivity index (χ1n) is 36.7. The summed E-state index contributed by atoms with van der Waals surface area (Å²) in [5.41, 5.74) is 19.0. The van der Waals surface area contributed by atoms with Gasteiger partial charge in [-0.1, -0.05) is 299 Å². The molecule has 3 fully saturated rings. The Morgan fingerprint density at radius 1 is 0.311 bits per heavy atom. The van der Waals surface area contributed by atoms with Crippen LogP contribution in [-0.4, -0.2) is 120 Å². The lowest BCUT2D eigenvalue weighted by molar-refractivity contribution is -0.390. The second kappa shape index (κ2) is 39.7. The van der Waals surface area contributed by atoms with Crippen LogP contribution in [0, 0.1) is 0 Å². The summed E-state index contributed by atoms with van der Waals surface area (Å²) < 4.78 is 110. The Labute approximate surface area is 624 Å². The van der Waals surface area contributed by atoms with Gasteiger partial charge in [0.25, 0.3) is 0 Å². The molecular formula is C87H99N3O15Si. The molecule has 0 aromatic heterocycles. The zero-order valence-electron chi connectivity index (χ0n) is 61.1. The Kier molecular flexibility index (Phi) is 29.0. The van der Waals surface area contributed by atoms with Crippen LogP contribution in [-0.2, 0) is 130 Å². The van der Waals surface area contributed by atoms with Crippen LogP contribution >= 0.6 is 0 Å². The number of ether oxygens (including phenoxy) is 14. The van der Waals surface area contributed by atoms with E-state index < -0.39 is 100 Å². The first-order chi connectivity index (χ1) is 51.9. The first kappa shape index (κ1) is 77.5. The van der Waals surface area contributed by atoms with Crippen molar-refractivity contribution in [2.24, 2.45) is 5.11 Å². The maximum Gasteiger partial charge on any atom is 0.195 e. The highest BCUT2D eigenvalue weighted by Crippen LogP contribution is 2.43. The fraction of sp³-hybridized carbons (Fsp3) is 0.379. The summed E-state index contributed by atoms with van der Waals surface area (Å²) in [6, 6.07) is 88.5. The molecular weight excluding hydrogens is 1360 g/mol. The minimum Gasteiger partial charge on any atom is -0.392 e. The third kappa shape index (κ3) is 22.3. The van der Waals surface area contributed by atoms with Gasteiger partial charge in [-0.05, 0) is 73.7 Å². The SMILES string of the molecule is CC(C)(C)[Si](C)(C)O[C@@H]1O[C@H](COCc2ccccc2)[C@@H](O[C@@H]2O[C@H](COCc3ccccc3)[C@H](OCc3ccccc3)[C@H](O[C@H]3O[C@H](COCc4ccccc4)[C@H](OCc4ccccc4)[C@H](OCc4ccccc4)[C@H]3OCc3ccccc3)[C@H]2OCc2ccccc2)[C@H](OCc2ccccc2)[C@H]1N=[N+]=[N-]. The smallest absolute Gasteiger partial charge is 0.195 e. The lowest BCUT2D eigenvalue weighted by atomic mass is 9.94. The topological polar surface area (TPSA) is 187 Å². The van der Waals surface area contributed by atoms with Crippen molar-refractivity contribution in [3.8, 4) is 0 Å². The molecule has 19 heteroatoms. The molecule has 3 aliphatic rings. The Morgan fingerprint density at radius 3 is 0.868 bits per heavy atom. The molecule has 0 spiro atoms. The summed E-state index contributed by atoms with van der Waals surface area (Å²) in [6.07, 6.45) is -15.0. The van der Waals surface area contributed by atoms with E-state index in [0.717, 1.165) is 50.1 Å². The van der Waals surface area contributed by atoms with Gasteiger partial charge in [0, 0.05) is 4.91 Å². The van der Waals surface area contributed by atoms with Crippen LogP contribution in [0.3, 0.4) is 0 Å². The van der Waals surface area contributed by atoms with Crippen molar-refractivity contribution in [3.05, 3.63) is 334 Å². The molecule has 0 radical (unpaired) electrons. The van der Waals surface area contributed by atoms with Gasteiger partial charge in [0.2, 0.25) is 0 Å². The standard InChI is InChI=1S/C87H99N3O15Si/c1-87(2,3)106(4,5)105-84-75(89-90-88)79(96-56-68-43-25-11-26-44-68)78(74(100-84)62-93-53-65-37-19-8-20-38-65)103-86-83(99-59-71-49-31-14-32-50-71)81(77(95-55-67-41-23-10-24-42-67)73(102-86)61-92-52-64-35-17-7-18-36-64)104-85-82(98-58-70-47-29-13-30-48-70)80(97-57-69-45-27-12-28-46-69)76(94-54-66-39-21-9-22-40-66)72(101-85)60-91-51-63-33-15-6-16-34-63/h6-50,72-86H,51-62H2,1-5H3/t72-,73-,74-,75-,76+,77+,78-,79-,80+,81+,82-,83-,84+,85-,86+/m1/s1. The highest BCUT2D eigenvalue weighted by atomic mass is 28.4. The van der Waals surface area contributed by atoms with E-state index >= 15 is 0 Å². The molecule has 12 rings (SSSR count). The highest BCUT2D eigenvalue weighted by molar-refractivity contribution is 6.74. The maximum absolute atomic E-state index is 10.8. The number of benzene rings is 9. The molecule has 3 saturated heterocycles. The van der Waals surface area contributed by atoms with E-state index in [9.17, 15) is 5.53 Å². The molecule has 9 aromatic rings. The molecule has 0 unspecified atom stereocenters. The average Bonchev–Trinajstić information content (AvgIpc) is 0.759. The molecule has 106 heavy (non-hydrogen) atoms. The highest BCUT2D eigenvalue weighted by Gasteiger charge is 2.58.